The van der Waals surface area contributed by atoms with Crippen molar-refractivity contribution in [2.75, 3.05) is 26.3 Å². The van der Waals surface area contributed by atoms with Crippen LogP contribution in [0.1, 0.15) is 36.3 Å². The lowest BCUT2D eigenvalue weighted by Gasteiger charge is -2.26. The van der Waals surface area contributed by atoms with Gasteiger partial charge < -0.3 is 14.8 Å². The van der Waals surface area contributed by atoms with Crippen molar-refractivity contribution in [2.24, 2.45) is 0 Å². The van der Waals surface area contributed by atoms with Gasteiger partial charge in [-0.1, -0.05) is 6.07 Å². The van der Waals surface area contributed by atoms with Gasteiger partial charge in [0.15, 0.2) is 11.5 Å². The lowest BCUT2D eigenvalue weighted by atomic mass is 9.90. The second-order valence-corrected chi connectivity index (χ2v) is 5.45. The van der Waals surface area contributed by atoms with E-state index in [1.54, 1.807) is 6.07 Å². The number of alkyl halides is 3. The van der Waals surface area contributed by atoms with Gasteiger partial charge in [0.25, 0.3) is 0 Å². The third-order valence-corrected chi connectivity index (χ3v) is 3.97. The van der Waals surface area contributed by atoms with Crippen LogP contribution in [0.2, 0.25) is 0 Å². The summed E-state index contributed by atoms with van der Waals surface area (Å²) in [7, 11) is 0. The fourth-order valence-corrected chi connectivity index (χ4v) is 2.94. The summed E-state index contributed by atoms with van der Waals surface area (Å²) in [5, 5.41) is 3.28. The molecule has 1 aromatic carbocycles. The van der Waals surface area contributed by atoms with Crippen molar-refractivity contribution in [3.8, 4) is 11.5 Å². The van der Waals surface area contributed by atoms with Crippen molar-refractivity contribution >= 4 is 0 Å². The van der Waals surface area contributed by atoms with E-state index in [1.165, 1.54) is 0 Å². The van der Waals surface area contributed by atoms with Crippen molar-refractivity contribution in [3.63, 3.8) is 0 Å². The van der Waals surface area contributed by atoms with E-state index >= 15 is 0 Å². The van der Waals surface area contributed by atoms with Crippen LogP contribution in [0.25, 0.3) is 0 Å². The molecular formula is C15H18F3NO2. The van der Waals surface area contributed by atoms with Crippen LogP contribution in [0.5, 0.6) is 11.5 Å². The molecule has 1 aromatic rings. The van der Waals surface area contributed by atoms with E-state index in [-0.39, 0.29) is 24.0 Å². The number of fused-ring (bicyclic) bond motifs is 1. The molecule has 2 heterocycles. The number of hydrogen-bond donors (Lipinski definition) is 1. The molecule has 6 heteroatoms. The van der Waals surface area contributed by atoms with Gasteiger partial charge in [-0.25, -0.2) is 0 Å². The first-order chi connectivity index (χ1) is 10.1. The molecule has 2 aliphatic heterocycles. The van der Waals surface area contributed by atoms with Crippen molar-refractivity contribution in [2.45, 2.75) is 31.4 Å². The Balaban J connectivity index is 2.05. The van der Waals surface area contributed by atoms with Gasteiger partial charge in [-0.2, -0.15) is 13.2 Å². The topological polar surface area (TPSA) is 30.5 Å². The zero-order valence-electron chi connectivity index (χ0n) is 11.6. The van der Waals surface area contributed by atoms with E-state index in [1.807, 2.05) is 0 Å². The third kappa shape index (κ3) is 2.95. The van der Waals surface area contributed by atoms with E-state index in [2.05, 4.69) is 5.32 Å². The highest BCUT2D eigenvalue weighted by atomic mass is 19.4. The van der Waals surface area contributed by atoms with Crippen LogP contribution in [-0.4, -0.2) is 26.3 Å². The quantitative estimate of drug-likeness (QED) is 0.863. The van der Waals surface area contributed by atoms with Gasteiger partial charge in [0.2, 0.25) is 0 Å². The Labute approximate surface area is 121 Å². The summed E-state index contributed by atoms with van der Waals surface area (Å²) in [6.45, 7) is 2.36. The third-order valence-electron chi connectivity index (χ3n) is 3.97. The van der Waals surface area contributed by atoms with Crippen molar-refractivity contribution in [1.82, 2.24) is 5.32 Å². The number of piperidine rings is 1. The fourth-order valence-electron chi connectivity index (χ4n) is 2.94. The van der Waals surface area contributed by atoms with Crippen LogP contribution in [0.3, 0.4) is 0 Å². The van der Waals surface area contributed by atoms with Gasteiger partial charge in [-0.3, -0.25) is 0 Å². The summed E-state index contributed by atoms with van der Waals surface area (Å²) in [4.78, 5) is 0. The van der Waals surface area contributed by atoms with Crippen LogP contribution in [0.15, 0.2) is 12.1 Å². The number of benzene rings is 1. The fraction of sp³-hybridized carbons (Fsp3) is 0.600. The maximum atomic E-state index is 13.1. The molecule has 0 aliphatic carbocycles. The molecule has 21 heavy (non-hydrogen) atoms. The lowest BCUT2D eigenvalue weighted by Crippen LogP contribution is -2.28. The predicted octanol–water partition coefficient (Wildman–Crippen LogP) is 3.33. The minimum atomic E-state index is -4.43. The highest BCUT2D eigenvalue weighted by Gasteiger charge is 2.38. The van der Waals surface area contributed by atoms with E-state index in [9.17, 15) is 13.2 Å². The van der Waals surface area contributed by atoms with Gasteiger partial charge in [-0.15, -0.1) is 0 Å². The minimum Gasteiger partial charge on any atom is -0.489 e. The van der Waals surface area contributed by atoms with Crippen LogP contribution >= 0.6 is 0 Å². The molecule has 0 radical (unpaired) electrons. The molecule has 2 aliphatic rings. The number of nitrogens with one attached hydrogen (secondary N) is 1. The van der Waals surface area contributed by atoms with Crippen LogP contribution in [-0.2, 0) is 6.18 Å². The van der Waals surface area contributed by atoms with Crippen LogP contribution < -0.4 is 14.8 Å². The summed E-state index contributed by atoms with van der Waals surface area (Å²) in [5.41, 5.74) is 0.0824. The Morgan fingerprint density at radius 3 is 2.48 bits per heavy atom. The van der Waals surface area contributed by atoms with Crippen molar-refractivity contribution in [3.05, 3.63) is 23.3 Å². The number of hydrogen-bond acceptors (Lipinski definition) is 3. The second-order valence-electron chi connectivity index (χ2n) is 5.45. The second kappa shape index (κ2) is 5.75. The average molecular weight is 301 g/mol. The number of halogens is 3. The van der Waals surface area contributed by atoms with E-state index in [0.717, 1.165) is 37.6 Å². The first-order valence-corrected chi connectivity index (χ1v) is 7.28. The van der Waals surface area contributed by atoms with Gasteiger partial charge in [0, 0.05) is 24.4 Å². The molecule has 0 saturated carbocycles. The largest absolute Gasteiger partial charge is 0.489 e. The molecule has 3 nitrogen and oxygen atoms in total. The molecule has 0 spiro atoms. The first kappa shape index (κ1) is 14.5. The summed E-state index contributed by atoms with van der Waals surface area (Å²) in [5.74, 6) is 0.329. The first-order valence-electron chi connectivity index (χ1n) is 7.28. The van der Waals surface area contributed by atoms with Gasteiger partial charge in [0.05, 0.1) is 13.2 Å². The molecule has 1 saturated heterocycles. The normalized spacial score (nSPS) is 22.7. The highest BCUT2D eigenvalue weighted by molar-refractivity contribution is 5.55. The Morgan fingerprint density at radius 1 is 1.05 bits per heavy atom. The van der Waals surface area contributed by atoms with E-state index in [4.69, 9.17) is 9.47 Å². The maximum Gasteiger partial charge on any atom is 0.420 e. The van der Waals surface area contributed by atoms with Gasteiger partial charge >= 0.3 is 6.18 Å². The van der Waals surface area contributed by atoms with E-state index < -0.39 is 11.7 Å². The summed E-state index contributed by atoms with van der Waals surface area (Å²) < 4.78 is 50.4. The smallest absolute Gasteiger partial charge is 0.420 e. The van der Waals surface area contributed by atoms with Crippen LogP contribution in [0, 0.1) is 0 Å². The summed E-state index contributed by atoms with van der Waals surface area (Å²) in [6, 6.07) is 2.67. The van der Waals surface area contributed by atoms with Gasteiger partial charge in [-0.05, 0) is 25.5 Å². The molecule has 0 bridgehead atoms. The monoisotopic (exact) mass is 301 g/mol. The molecule has 1 unspecified atom stereocenters. The number of ether oxygens (including phenoxy) is 2. The zero-order chi connectivity index (χ0) is 14.9. The van der Waals surface area contributed by atoms with Crippen molar-refractivity contribution in [1.29, 1.82) is 0 Å². The molecule has 0 amide bonds. The van der Waals surface area contributed by atoms with Gasteiger partial charge in [0.1, 0.15) is 5.56 Å². The van der Waals surface area contributed by atoms with E-state index in [0.29, 0.717) is 13.0 Å². The average Bonchev–Trinajstić information content (AvgIpc) is 2.71. The molecular weight excluding hydrogens is 283 g/mol. The molecule has 1 fully saturated rings. The maximum absolute atomic E-state index is 13.1. The lowest BCUT2D eigenvalue weighted by molar-refractivity contribution is -0.139. The predicted molar refractivity (Wildman–Crippen MR) is 71.9 cm³/mol. The molecule has 116 valence electrons. The molecule has 1 atom stereocenters. The van der Waals surface area contributed by atoms with Crippen molar-refractivity contribution < 1.29 is 22.6 Å². The molecule has 0 aromatic heterocycles. The highest BCUT2D eigenvalue weighted by Crippen LogP contribution is 2.47. The Kier molecular flexibility index (Phi) is 3.97. The summed E-state index contributed by atoms with van der Waals surface area (Å²) in [6.07, 6.45) is -1.87. The minimum absolute atomic E-state index is 0.136. The molecule has 3 rings (SSSR count). The SMILES string of the molecule is FC(F)(F)c1ccc(C2CCCNC2)c2c1OCCCO2. The number of rotatable bonds is 1. The Bertz CT molecular complexity index is 510. The Hall–Kier alpha value is -1.43. The van der Waals surface area contributed by atoms with Crippen LogP contribution in [0.4, 0.5) is 13.2 Å². The zero-order valence-corrected chi connectivity index (χ0v) is 11.6. The Morgan fingerprint density at radius 2 is 1.81 bits per heavy atom. The summed E-state index contributed by atoms with van der Waals surface area (Å²) >= 11 is 0. The standard InChI is InChI=1S/C15H18F3NO2/c16-15(17,18)12-5-4-11(10-3-1-6-19-9-10)13-14(12)21-8-2-7-20-13/h4-5,10,19H,1-3,6-9H2. The molecule has 1 N–H and O–H groups in total.